The van der Waals surface area contributed by atoms with Crippen LogP contribution in [0.25, 0.3) is 0 Å². The molecular weight excluding hydrogens is 194 g/mol. The molecule has 0 N–H and O–H groups in total. The normalized spacial score (nSPS) is 36.8. The monoisotopic (exact) mass is 223 g/mol. The van der Waals surface area contributed by atoms with Crippen LogP contribution in [0, 0.1) is 11.3 Å². The van der Waals surface area contributed by atoms with Crippen molar-refractivity contribution in [1.29, 1.82) is 0 Å². The first kappa shape index (κ1) is 12.4. The molecule has 2 aliphatic rings. The lowest BCUT2D eigenvalue weighted by molar-refractivity contribution is 0.0639. The van der Waals surface area contributed by atoms with Crippen molar-refractivity contribution in [3.8, 4) is 0 Å². The Bertz CT molecular complexity index is 238. The highest BCUT2D eigenvalue weighted by Gasteiger charge is 2.46. The van der Waals surface area contributed by atoms with Gasteiger partial charge in [-0.05, 0) is 44.4 Å². The maximum absolute atomic E-state index is 2.85. The molecule has 1 nitrogen and oxygen atoms in total. The van der Waals surface area contributed by atoms with Gasteiger partial charge in [-0.2, -0.15) is 0 Å². The van der Waals surface area contributed by atoms with Gasteiger partial charge >= 0.3 is 0 Å². The lowest BCUT2D eigenvalue weighted by atomic mass is 9.80. The fourth-order valence-electron chi connectivity index (χ4n) is 4.04. The second kappa shape index (κ2) is 4.33. The van der Waals surface area contributed by atoms with Gasteiger partial charge in [-0.3, -0.25) is 4.90 Å². The van der Waals surface area contributed by atoms with Crippen molar-refractivity contribution in [2.24, 2.45) is 11.3 Å². The van der Waals surface area contributed by atoms with Gasteiger partial charge in [0.05, 0.1) is 0 Å². The molecule has 0 aromatic carbocycles. The summed E-state index contributed by atoms with van der Waals surface area (Å²) in [4.78, 5) is 2.85. The molecule has 0 amide bonds. The maximum atomic E-state index is 2.85. The number of hydrogen-bond donors (Lipinski definition) is 0. The Labute approximate surface area is 102 Å². The topological polar surface area (TPSA) is 3.24 Å². The minimum atomic E-state index is 0.446. The third-order valence-corrected chi connectivity index (χ3v) is 4.73. The molecule has 1 heteroatoms. The predicted molar refractivity (Wildman–Crippen MR) is 70.6 cm³/mol. The summed E-state index contributed by atoms with van der Waals surface area (Å²) in [5.41, 5.74) is 0.446. The number of hydrogen-bond acceptors (Lipinski definition) is 1. The van der Waals surface area contributed by atoms with E-state index in [-0.39, 0.29) is 0 Å². The summed E-state index contributed by atoms with van der Waals surface area (Å²) in [7, 11) is 0. The van der Waals surface area contributed by atoms with Gasteiger partial charge in [-0.25, -0.2) is 0 Å². The van der Waals surface area contributed by atoms with E-state index in [0.29, 0.717) is 5.41 Å². The molecule has 0 aromatic rings. The Morgan fingerprint density at radius 3 is 2.25 bits per heavy atom. The molecule has 1 heterocycles. The highest BCUT2D eigenvalue weighted by atomic mass is 15.2. The first-order valence-electron chi connectivity index (χ1n) is 7.18. The Morgan fingerprint density at radius 1 is 1.06 bits per heavy atom. The van der Waals surface area contributed by atoms with Crippen LogP contribution >= 0.6 is 0 Å². The predicted octanol–water partition coefficient (Wildman–Crippen LogP) is 4.07. The van der Waals surface area contributed by atoms with Crippen LogP contribution in [0.1, 0.15) is 66.7 Å². The van der Waals surface area contributed by atoms with Crippen LogP contribution in [-0.4, -0.2) is 23.0 Å². The molecule has 1 saturated heterocycles. The van der Waals surface area contributed by atoms with E-state index in [2.05, 4.69) is 39.5 Å². The lowest BCUT2D eigenvalue weighted by Crippen LogP contribution is -2.47. The van der Waals surface area contributed by atoms with Crippen molar-refractivity contribution < 1.29 is 0 Å². The van der Waals surface area contributed by atoms with Crippen molar-refractivity contribution in [3.05, 3.63) is 0 Å². The third kappa shape index (κ3) is 2.16. The molecule has 3 atom stereocenters. The van der Waals surface area contributed by atoms with Crippen molar-refractivity contribution in [2.45, 2.75) is 84.8 Å². The molecule has 94 valence electrons. The van der Waals surface area contributed by atoms with Crippen molar-refractivity contribution in [2.75, 3.05) is 0 Å². The van der Waals surface area contributed by atoms with Crippen LogP contribution in [0.15, 0.2) is 0 Å². The van der Waals surface area contributed by atoms with Crippen molar-refractivity contribution in [3.63, 3.8) is 0 Å². The fraction of sp³-hybridized carbons (Fsp3) is 1.00. The average Bonchev–Trinajstić information content (AvgIpc) is 2.55. The fourth-order valence-corrected chi connectivity index (χ4v) is 4.04. The number of nitrogens with zero attached hydrogens (tertiary/aromatic N) is 1. The summed E-state index contributed by atoms with van der Waals surface area (Å²) in [6.07, 6.45) is 7.33. The molecule has 0 bridgehead atoms. The summed E-state index contributed by atoms with van der Waals surface area (Å²) >= 11 is 0. The zero-order chi connectivity index (χ0) is 11.9. The van der Waals surface area contributed by atoms with Gasteiger partial charge in [-0.15, -0.1) is 0 Å². The van der Waals surface area contributed by atoms with E-state index in [1.165, 1.54) is 32.1 Å². The number of rotatable bonds is 1. The smallest absolute Gasteiger partial charge is 0.0153 e. The van der Waals surface area contributed by atoms with Gasteiger partial charge in [0.2, 0.25) is 0 Å². The first-order chi connectivity index (χ1) is 7.41. The Balaban J connectivity index is 2.20. The summed E-state index contributed by atoms with van der Waals surface area (Å²) in [6.45, 7) is 12.0. The molecule has 0 aromatic heterocycles. The molecule has 2 rings (SSSR count). The third-order valence-electron chi connectivity index (χ3n) is 4.73. The van der Waals surface area contributed by atoms with E-state index in [1.54, 1.807) is 0 Å². The first-order valence-corrected chi connectivity index (χ1v) is 7.18. The molecular formula is C15H29N. The molecule has 0 radical (unpaired) electrons. The summed E-state index contributed by atoms with van der Waals surface area (Å²) in [5.74, 6) is 1.00. The Hall–Kier alpha value is -0.0400. The molecule has 1 aliphatic heterocycles. The molecule has 1 saturated carbocycles. The van der Waals surface area contributed by atoms with Crippen molar-refractivity contribution >= 4 is 0 Å². The Kier molecular flexibility index (Phi) is 3.36. The highest BCUT2D eigenvalue weighted by molar-refractivity contribution is 5.00. The van der Waals surface area contributed by atoms with Crippen LogP contribution in [-0.2, 0) is 0 Å². The number of likely N-dealkylation sites (tertiary alicyclic amines) is 1. The highest BCUT2D eigenvalue weighted by Crippen LogP contribution is 2.45. The summed E-state index contributed by atoms with van der Waals surface area (Å²) in [5, 5.41) is 0. The van der Waals surface area contributed by atoms with Crippen molar-refractivity contribution in [1.82, 2.24) is 4.90 Å². The number of fused-ring (bicyclic) bond motifs is 1. The second-order valence-corrected chi connectivity index (χ2v) is 7.27. The van der Waals surface area contributed by atoms with Crippen LogP contribution in [0.4, 0.5) is 0 Å². The molecule has 0 spiro atoms. The van der Waals surface area contributed by atoms with Gasteiger partial charge in [0.1, 0.15) is 0 Å². The minimum Gasteiger partial charge on any atom is -0.294 e. The largest absolute Gasteiger partial charge is 0.294 e. The van der Waals surface area contributed by atoms with E-state index in [4.69, 9.17) is 0 Å². The average molecular weight is 223 g/mol. The minimum absolute atomic E-state index is 0.446. The SMILES string of the molecule is CC(C)N1C2CCCCC2CC1C(C)(C)C. The maximum Gasteiger partial charge on any atom is 0.0153 e. The van der Waals surface area contributed by atoms with Gasteiger partial charge in [0.15, 0.2) is 0 Å². The molecule has 3 unspecified atom stereocenters. The summed E-state index contributed by atoms with van der Waals surface area (Å²) < 4.78 is 0. The second-order valence-electron chi connectivity index (χ2n) is 7.27. The van der Waals surface area contributed by atoms with Gasteiger partial charge in [0.25, 0.3) is 0 Å². The zero-order valence-electron chi connectivity index (χ0n) is 11.8. The molecule has 16 heavy (non-hydrogen) atoms. The Morgan fingerprint density at radius 2 is 1.69 bits per heavy atom. The van der Waals surface area contributed by atoms with Crippen LogP contribution < -0.4 is 0 Å². The standard InChI is InChI=1S/C15H29N/c1-11(2)16-13-9-7-6-8-12(13)10-14(16)15(3,4)5/h11-14H,6-10H2,1-5H3. The van der Waals surface area contributed by atoms with Crippen LogP contribution in [0.5, 0.6) is 0 Å². The van der Waals surface area contributed by atoms with Gasteiger partial charge < -0.3 is 0 Å². The van der Waals surface area contributed by atoms with E-state index in [9.17, 15) is 0 Å². The zero-order valence-corrected chi connectivity index (χ0v) is 11.8. The van der Waals surface area contributed by atoms with Gasteiger partial charge in [-0.1, -0.05) is 33.6 Å². The van der Waals surface area contributed by atoms with Gasteiger partial charge in [0, 0.05) is 18.1 Å². The van der Waals surface area contributed by atoms with E-state index in [0.717, 1.165) is 24.0 Å². The molecule has 1 aliphatic carbocycles. The lowest BCUT2D eigenvalue weighted by Gasteiger charge is -2.41. The van der Waals surface area contributed by atoms with E-state index < -0.39 is 0 Å². The quantitative estimate of drug-likeness (QED) is 0.647. The molecule has 2 fully saturated rings. The van der Waals surface area contributed by atoms with Crippen LogP contribution in [0.3, 0.4) is 0 Å². The summed E-state index contributed by atoms with van der Waals surface area (Å²) in [6, 6.07) is 2.43. The van der Waals surface area contributed by atoms with E-state index in [1.807, 2.05) is 0 Å². The van der Waals surface area contributed by atoms with Crippen LogP contribution in [0.2, 0.25) is 0 Å². The van der Waals surface area contributed by atoms with E-state index >= 15 is 0 Å².